The number of amides is 1. The van der Waals surface area contributed by atoms with E-state index in [-0.39, 0.29) is 17.2 Å². The summed E-state index contributed by atoms with van der Waals surface area (Å²) in [7, 11) is 1.93. The minimum absolute atomic E-state index is 0.0528. The van der Waals surface area contributed by atoms with E-state index in [1.165, 1.54) is 0 Å². The molecule has 6 nitrogen and oxygen atoms in total. The van der Waals surface area contributed by atoms with Gasteiger partial charge in [0.1, 0.15) is 17.4 Å². The fraction of sp³-hybridized carbons (Fsp3) is 0.231. The molecule has 0 saturated heterocycles. The SMILES string of the molecule is CCN1Cc2c(ccnc2NC(C)c2cc(F)c(Oc3ccc4c(ccn4C)c3)cc2F)C1=O. The molecule has 1 N–H and O–H groups in total. The minimum atomic E-state index is -0.670. The van der Waals surface area contributed by atoms with E-state index in [4.69, 9.17) is 4.74 Å². The van der Waals surface area contributed by atoms with Crippen LogP contribution < -0.4 is 10.1 Å². The first-order valence-electron chi connectivity index (χ1n) is 11.1. The van der Waals surface area contributed by atoms with Crippen LogP contribution in [0.15, 0.2) is 54.9 Å². The monoisotopic (exact) mass is 462 g/mol. The molecule has 2 aromatic carbocycles. The van der Waals surface area contributed by atoms with Crippen LogP contribution in [0.4, 0.5) is 14.6 Å². The Morgan fingerprint density at radius 3 is 2.76 bits per heavy atom. The Morgan fingerprint density at radius 2 is 1.97 bits per heavy atom. The Kier molecular flexibility index (Phi) is 5.43. The van der Waals surface area contributed by atoms with Gasteiger partial charge in [0.25, 0.3) is 5.91 Å². The largest absolute Gasteiger partial charge is 0.454 e. The fourth-order valence-corrected chi connectivity index (χ4v) is 4.35. The van der Waals surface area contributed by atoms with Crippen LogP contribution >= 0.6 is 0 Å². The number of pyridine rings is 1. The van der Waals surface area contributed by atoms with Gasteiger partial charge >= 0.3 is 0 Å². The maximum atomic E-state index is 15.0. The number of carbonyl (C=O) groups is 1. The number of anilines is 1. The first-order chi connectivity index (χ1) is 16.4. The van der Waals surface area contributed by atoms with Gasteiger partial charge in [0.05, 0.1) is 12.6 Å². The molecule has 0 bridgehead atoms. The van der Waals surface area contributed by atoms with Crippen LogP contribution in [0.3, 0.4) is 0 Å². The van der Waals surface area contributed by atoms with Gasteiger partial charge in [-0.25, -0.2) is 13.8 Å². The summed E-state index contributed by atoms with van der Waals surface area (Å²) in [6.45, 7) is 4.65. The van der Waals surface area contributed by atoms with E-state index in [1.54, 1.807) is 36.2 Å². The summed E-state index contributed by atoms with van der Waals surface area (Å²) in [5.41, 5.74) is 2.49. The predicted molar refractivity (Wildman–Crippen MR) is 126 cm³/mol. The standard InChI is InChI=1S/C26H24F2N4O2/c1-4-32-14-20-18(26(32)33)7-9-29-25(20)30-15(2)19-12-22(28)24(13-21(19)27)34-17-5-6-23-16(11-17)8-10-31(23)3/h5-13,15H,4,14H2,1-3H3,(H,29,30). The second-order valence-corrected chi connectivity index (χ2v) is 8.42. The Labute approximate surface area is 195 Å². The average Bonchev–Trinajstić information content (AvgIpc) is 3.36. The number of hydrogen-bond acceptors (Lipinski definition) is 4. The molecule has 34 heavy (non-hydrogen) atoms. The molecular weight excluding hydrogens is 438 g/mol. The number of ether oxygens (including phenoxy) is 1. The summed E-state index contributed by atoms with van der Waals surface area (Å²) < 4.78 is 37.6. The first kappa shape index (κ1) is 21.9. The lowest BCUT2D eigenvalue weighted by Gasteiger charge is -2.19. The third-order valence-corrected chi connectivity index (χ3v) is 6.26. The van der Waals surface area contributed by atoms with Crippen molar-refractivity contribution < 1.29 is 18.3 Å². The van der Waals surface area contributed by atoms with Crippen molar-refractivity contribution in [2.45, 2.75) is 26.4 Å². The third-order valence-electron chi connectivity index (χ3n) is 6.26. The molecular formula is C26H24F2N4O2. The molecule has 1 atom stereocenters. The van der Waals surface area contributed by atoms with E-state index in [0.29, 0.717) is 30.2 Å². The molecule has 2 aromatic heterocycles. The highest BCUT2D eigenvalue weighted by Crippen LogP contribution is 2.34. The lowest BCUT2D eigenvalue weighted by molar-refractivity contribution is 0.0787. The van der Waals surface area contributed by atoms with Gasteiger partial charge in [-0.2, -0.15) is 0 Å². The zero-order chi connectivity index (χ0) is 24.0. The van der Waals surface area contributed by atoms with Crippen LogP contribution in [0, 0.1) is 11.6 Å². The predicted octanol–water partition coefficient (Wildman–Crippen LogP) is 5.79. The molecule has 0 radical (unpaired) electrons. The van der Waals surface area contributed by atoms with Gasteiger partial charge in [-0.3, -0.25) is 4.79 Å². The van der Waals surface area contributed by atoms with Crippen LogP contribution in [0.25, 0.3) is 10.9 Å². The van der Waals surface area contributed by atoms with E-state index >= 15 is 4.39 Å². The number of carbonyl (C=O) groups excluding carboxylic acids is 1. The number of aromatic nitrogens is 2. The van der Waals surface area contributed by atoms with E-state index in [2.05, 4.69) is 10.3 Å². The maximum Gasteiger partial charge on any atom is 0.254 e. The number of halogens is 2. The van der Waals surface area contributed by atoms with Gasteiger partial charge in [-0.1, -0.05) is 0 Å². The molecule has 3 heterocycles. The molecule has 1 amide bonds. The number of hydrogen-bond donors (Lipinski definition) is 1. The summed E-state index contributed by atoms with van der Waals surface area (Å²) in [6.07, 6.45) is 3.47. The normalized spacial score (nSPS) is 13.9. The zero-order valence-electron chi connectivity index (χ0n) is 19.1. The highest BCUT2D eigenvalue weighted by molar-refractivity contribution is 5.99. The number of aryl methyl sites for hydroxylation is 1. The summed E-state index contributed by atoms with van der Waals surface area (Å²) >= 11 is 0. The second-order valence-electron chi connectivity index (χ2n) is 8.42. The van der Waals surface area contributed by atoms with Crippen molar-refractivity contribution in [2.24, 2.45) is 7.05 Å². The number of rotatable bonds is 6. The molecule has 5 rings (SSSR count). The molecule has 0 aliphatic carbocycles. The quantitative estimate of drug-likeness (QED) is 0.394. The van der Waals surface area contributed by atoms with Crippen molar-refractivity contribution in [3.8, 4) is 11.5 Å². The zero-order valence-corrected chi connectivity index (χ0v) is 19.1. The Balaban J connectivity index is 1.38. The lowest BCUT2D eigenvalue weighted by Crippen LogP contribution is -2.22. The number of fused-ring (bicyclic) bond motifs is 2. The summed E-state index contributed by atoms with van der Waals surface area (Å²) in [5.74, 6) is -0.599. The summed E-state index contributed by atoms with van der Waals surface area (Å²) in [5, 5.41) is 4.09. The molecule has 1 aliphatic rings. The van der Waals surface area contributed by atoms with Crippen molar-refractivity contribution in [1.29, 1.82) is 0 Å². The lowest BCUT2D eigenvalue weighted by atomic mass is 10.1. The highest BCUT2D eigenvalue weighted by atomic mass is 19.1. The van der Waals surface area contributed by atoms with Crippen LogP contribution in [0.5, 0.6) is 11.5 Å². The summed E-state index contributed by atoms with van der Waals surface area (Å²) in [4.78, 5) is 18.5. The summed E-state index contributed by atoms with van der Waals surface area (Å²) in [6, 6.07) is 10.6. The number of nitrogens with one attached hydrogen (secondary N) is 1. The average molecular weight is 463 g/mol. The fourth-order valence-electron chi connectivity index (χ4n) is 4.35. The third kappa shape index (κ3) is 3.75. The van der Waals surface area contributed by atoms with Gasteiger partial charge < -0.3 is 19.5 Å². The van der Waals surface area contributed by atoms with Crippen LogP contribution in [-0.2, 0) is 13.6 Å². The number of nitrogens with zero attached hydrogens (tertiary/aromatic N) is 3. The van der Waals surface area contributed by atoms with E-state index < -0.39 is 17.7 Å². The van der Waals surface area contributed by atoms with Gasteiger partial charge in [0.2, 0.25) is 0 Å². The van der Waals surface area contributed by atoms with Crippen molar-refractivity contribution in [2.75, 3.05) is 11.9 Å². The van der Waals surface area contributed by atoms with E-state index in [9.17, 15) is 9.18 Å². The van der Waals surface area contributed by atoms with Crippen LogP contribution in [0.1, 0.15) is 41.4 Å². The molecule has 4 aromatic rings. The Morgan fingerprint density at radius 1 is 1.15 bits per heavy atom. The van der Waals surface area contributed by atoms with Gasteiger partial charge in [-0.15, -0.1) is 0 Å². The Bertz CT molecular complexity index is 1420. The van der Waals surface area contributed by atoms with Crippen molar-refractivity contribution in [3.05, 3.63) is 83.2 Å². The van der Waals surface area contributed by atoms with Crippen molar-refractivity contribution in [1.82, 2.24) is 14.5 Å². The molecule has 1 aliphatic heterocycles. The maximum absolute atomic E-state index is 15.0. The van der Waals surface area contributed by atoms with E-state index in [1.807, 2.05) is 36.9 Å². The molecule has 0 saturated carbocycles. The van der Waals surface area contributed by atoms with Gasteiger partial charge in [0, 0.05) is 59.6 Å². The van der Waals surface area contributed by atoms with Crippen molar-refractivity contribution >= 4 is 22.6 Å². The van der Waals surface area contributed by atoms with Crippen LogP contribution in [-0.4, -0.2) is 26.9 Å². The second kappa shape index (κ2) is 8.44. The number of benzene rings is 2. The van der Waals surface area contributed by atoms with Crippen LogP contribution in [0.2, 0.25) is 0 Å². The molecule has 0 fully saturated rings. The molecule has 8 heteroatoms. The Hall–Kier alpha value is -3.94. The first-order valence-corrected chi connectivity index (χ1v) is 11.1. The van der Waals surface area contributed by atoms with Gasteiger partial charge in [0.15, 0.2) is 11.6 Å². The highest BCUT2D eigenvalue weighted by Gasteiger charge is 2.29. The smallest absolute Gasteiger partial charge is 0.254 e. The molecule has 174 valence electrons. The minimum Gasteiger partial charge on any atom is -0.454 e. The molecule has 1 unspecified atom stereocenters. The molecule has 0 spiro atoms. The van der Waals surface area contributed by atoms with Crippen molar-refractivity contribution in [3.63, 3.8) is 0 Å². The van der Waals surface area contributed by atoms with Gasteiger partial charge in [-0.05, 0) is 50.2 Å². The topological polar surface area (TPSA) is 59.4 Å². The van der Waals surface area contributed by atoms with E-state index in [0.717, 1.165) is 28.6 Å².